The van der Waals surface area contributed by atoms with Crippen molar-refractivity contribution in [1.29, 1.82) is 5.26 Å². The second-order valence-electron chi connectivity index (χ2n) is 6.99. The lowest BCUT2D eigenvalue weighted by Gasteiger charge is -2.11. The van der Waals surface area contributed by atoms with Crippen LogP contribution in [-0.4, -0.2) is 34.7 Å². The summed E-state index contributed by atoms with van der Waals surface area (Å²) in [7, 11) is -1.67. The number of aromatic nitrogens is 5. The highest BCUT2D eigenvalue weighted by Gasteiger charge is 2.44. The van der Waals surface area contributed by atoms with Crippen molar-refractivity contribution in [3.63, 3.8) is 0 Å². The van der Waals surface area contributed by atoms with Gasteiger partial charge in [-0.3, -0.25) is 4.98 Å². The van der Waals surface area contributed by atoms with Crippen LogP contribution in [0, 0.1) is 11.3 Å². The molecule has 1 saturated carbocycles. The quantitative estimate of drug-likeness (QED) is 0.474. The van der Waals surface area contributed by atoms with Crippen LogP contribution in [0.2, 0.25) is 0 Å². The lowest BCUT2D eigenvalue weighted by molar-refractivity contribution is 0.150. The molecule has 1 fully saturated rings. The van der Waals surface area contributed by atoms with Crippen LogP contribution in [0.4, 0.5) is 8.78 Å². The molecule has 1 aliphatic rings. The summed E-state index contributed by atoms with van der Waals surface area (Å²) in [5.41, 5.74) is 1.26. The number of alkyl halides is 2. The fraction of sp³-hybridized carbons (Fsp3) is 0.211. The molecule has 0 spiro atoms. The third-order valence-electron chi connectivity index (χ3n) is 4.90. The topological polar surface area (TPSA) is 109 Å². The molecule has 0 saturated heterocycles. The lowest BCUT2D eigenvalue weighted by atomic mass is 10.0. The fourth-order valence-corrected chi connectivity index (χ4v) is 4.96. The fourth-order valence-electron chi connectivity index (χ4n) is 3.12. The molecule has 0 radical (unpaired) electrons. The van der Waals surface area contributed by atoms with Crippen LogP contribution in [0.3, 0.4) is 0 Å². The second kappa shape index (κ2) is 7.52. The van der Waals surface area contributed by atoms with E-state index in [1.807, 2.05) is 6.07 Å². The summed E-state index contributed by atoms with van der Waals surface area (Å²) in [6.45, 7) is 0. The predicted octanol–water partition coefficient (Wildman–Crippen LogP) is 3.54. The van der Waals surface area contributed by atoms with Crippen molar-refractivity contribution >= 4 is 33.2 Å². The Kier molecular flexibility index (Phi) is 4.81. The molecule has 3 aromatic heterocycles. The Morgan fingerprint density at radius 2 is 2.13 bits per heavy atom. The summed E-state index contributed by atoms with van der Waals surface area (Å²) >= 11 is 0.734. The Balaban J connectivity index is 1.67. The van der Waals surface area contributed by atoms with Gasteiger partial charge in [-0.1, -0.05) is 17.4 Å². The minimum absolute atomic E-state index is 0.175. The van der Waals surface area contributed by atoms with Gasteiger partial charge < -0.3 is 0 Å². The first-order chi connectivity index (χ1) is 15.0. The average Bonchev–Trinajstić information content (AvgIpc) is 3.19. The van der Waals surface area contributed by atoms with E-state index in [2.05, 4.69) is 31.1 Å². The first-order valence-corrected chi connectivity index (χ1v) is 11.1. The summed E-state index contributed by atoms with van der Waals surface area (Å²) < 4.78 is 43.3. The molecule has 1 unspecified atom stereocenters. The van der Waals surface area contributed by atoms with Gasteiger partial charge in [0.2, 0.25) is 5.13 Å². The highest BCUT2D eigenvalue weighted by molar-refractivity contribution is 7.83. The van der Waals surface area contributed by atoms with E-state index in [1.165, 1.54) is 4.68 Å². The Hall–Kier alpha value is -3.14. The second-order valence-corrected chi connectivity index (χ2v) is 9.19. The minimum atomic E-state index is -2.73. The molecule has 8 nitrogen and oxygen atoms in total. The number of rotatable bonds is 6. The summed E-state index contributed by atoms with van der Waals surface area (Å²) in [6.07, 6.45) is 3.44. The number of benzene rings is 1. The highest BCUT2D eigenvalue weighted by atomic mass is 32.2. The monoisotopic (exact) mass is 457 g/mol. The van der Waals surface area contributed by atoms with E-state index in [-0.39, 0.29) is 5.13 Å². The predicted molar refractivity (Wildman–Crippen MR) is 110 cm³/mol. The van der Waals surface area contributed by atoms with Crippen LogP contribution in [0.15, 0.2) is 47.8 Å². The third kappa shape index (κ3) is 3.60. The molecule has 0 bridgehead atoms. The van der Waals surface area contributed by atoms with Gasteiger partial charge in [0.05, 0.1) is 22.7 Å². The molecule has 4 aromatic rings. The molecule has 156 valence electrons. The smallest absolute Gasteiger partial charge is 0.264 e. The first-order valence-electron chi connectivity index (χ1n) is 9.15. The maximum Gasteiger partial charge on any atom is 0.291 e. The molecule has 0 amide bonds. The number of hydrogen-bond acceptors (Lipinski definition) is 7. The number of fused-ring (bicyclic) bond motifs is 1. The normalized spacial score (nSPS) is 15.8. The SMILES string of the molecule is N#CC1(NS(=O)c2cc(-c3cccnc3)c3cnn(-c4nnc(C(F)F)s4)c3c2)CC1. The number of halogens is 2. The zero-order chi connectivity index (χ0) is 21.6. The van der Waals surface area contributed by atoms with Crippen molar-refractivity contribution in [3.8, 4) is 22.3 Å². The van der Waals surface area contributed by atoms with Crippen molar-refractivity contribution in [2.45, 2.75) is 29.7 Å². The van der Waals surface area contributed by atoms with Crippen molar-refractivity contribution < 1.29 is 13.0 Å². The van der Waals surface area contributed by atoms with Gasteiger partial charge in [-0.15, -0.1) is 10.2 Å². The van der Waals surface area contributed by atoms with Crippen molar-refractivity contribution in [1.82, 2.24) is 29.7 Å². The summed E-state index contributed by atoms with van der Waals surface area (Å²) in [4.78, 5) is 4.57. The van der Waals surface area contributed by atoms with E-state index in [9.17, 15) is 18.3 Å². The van der Waals surface area contributed by atoms with Crippen molar-refractivity contribution in [2.75, 3.05) is 0 Å². The van der Waals surface area contributed by atoms with Gasteiger partial charge in [-0.05, 0) is 36.6 Å². The number of hydrogen-bond donors (Lipinski definition) is 1. The van der Waals surface area contributed by atoms with Gasteiger partial charge in [0, 0.05) is 23.3 Å². The van der Waals surface area contributed by atoms with E-state index < -0.39 is 28.0 Å². The van der Waals surface area contributed by atoms with Crippen molar-refractivity contribution in [3.05, 3.63) is 47.9 Å². The van der Waals surface area contributed by atoms with E-state index >= 15 is 0 Å². The van der Waals surface area contributed by atoms with E-state index in [1.54, 1.807) is 36.8 Å². The van der Waals surface area contributed by atoms with Gasteiger partial charge in [0.15, 0.2) is 5.01 Å². The molecule has 5 rings (SSSR count). The summed E-state index contributed by atoms with van der Waals surface area (Å²) in [6, 6.07) is 9.21. The molecular weight excluding hydrogens is 444 g/mol. The number of nitriles is 1. The standard InChI is InChI=1S/C19H13F2N7OS2/c20-16(21)17-25-26-18(30-17)28-15-7-12(31(29)27-19(10-22)3-4-19)6-13(14(15)9-24-28)11-2-1-5-23-8-11/h1-2,5-9,16,27H,3-4H2. The minimum Gasteiger partial charge on any atom is -0.264 e. The van der Waals surface area contributed by atoms with Crippen LogP contribution < -0.4 is 4.72 Å². The van der Waals surface area contributed by atoms with Crippen LogP contribution in [0.1, 0.15) is 24.3 Å². The third-order valence-corrected chi connectivity index (χ3v) is 7.04. The molecule has 31 heavy (non-hydrogen) atoms. The first kappa shape index (κ1) is 19.8. The van der Waals surface area contributed by atoms with Gasteiger partial charge >= 0.3 is 0 Å². The molecule has 1 N–H and O–H groups in total. The van der Waals surface area contributed by atoms with Gasteiger partial charge in [0.1, 0.15) is 16.5 Å². The molecule has 3 heterocycles. The maximum absolute atomic E-state index is 13.0. The van der Waals surface area contributed by atoms with Crippen molar-refractivity contribution in [2.24, 2.45) is 0 Å². The maximum atomic E-state index is 13.0. The van der Waals surface area contributed by atoms with E-state index in [0.29, 0.717) is 28.6 Å². The summed E-state index contributed by atoms with van der Waals surface area (Å²) in [5.74, 6) is 0. The summed E-state index contributed by atoms with van der Waals surface area (Å²) in [5, 5.41) is 21.5. The number of nitrogens with zero attached hydrogens (tertiary/aromatic N) is 6. The number of nitrogens with one attached hydrogen (secondary N) is 1. The Labute approximate surface area is 181 Å². The molecule has 12 heteroatoms. The molecular formula is C19H13F2N7OS2. The van der Waals surface area contributed by atoms with Crippen LogP contribution >= 0.6 is 11.3 Å². The molecule has 0 aliphatic heterocycles. The van der Waals surface area contributed by atoms with E-state index in [0.717, 1.165) is 22.5 Å². The molecule has 1 aliphatic carbocycles. The van der Waals surface area contributed by atoms with Gasteiger partial charge in [0.25, 0.3) is 6.43 Å². The van der Waals surface area contributed by atoms with Crippen LogP contribution in [-0.2, 0) is 11.0 Å². The molecule has 1 aromatic carbocycles. The Morgan fingerprint density at radius 1 is 1.29 bits per heavy atom. The van der Waals surface area contributed by atoms with Crippen LogP contribution in [0.5, 0.6) is 0 Å². The number of pyridine rings is 1. The highest BCUT2D eigenvalue weighted by Crippen LogP contribution is 2.37. The van der Waals surface area contributed by atoms with Gasteiger partial charge in [-0.2, -0.15) is 10.4 Å². The van der Waals surface area contributed by atoms with E-state index in [4.69, 9.17) is 0 Å². The van der Waals surface area contributed by atoms with Gasteiger partial charge in [-0.25, -0.2) is 22.4 Å². The Morgan fingerprint density at radius 3 is 2.77 bits per heavy atom. The average molecular weight is 457 g/mol. The molecule has 1 atom stereocenters. The Bertz CT molecular complexity index is 1340. The zero-order valence-corrected chi connectivity index (χ0v) is 17.3. The largest absolute Gasteiger partial charge is 0.291 e. The lowest BCUT2D eigenvalue weighted by Crippen LogP contribution is -2.31. The zero-order valence-electron chi connectivity index (χ0n) is 15.7. The van der Waals surface area contributed by atoms with Crippen LogP contribution in [0.25, 0.3) is 27.2 Å².